The summed E-state index contributed by atoms with van der Waals surface area (Å²) in [5, 5.41) is 0.238. The van der Waals surface area contributed by atoms with E-state index in [1.54, 1.807) is 0 Å². The van der Waals surface area contributed by atoms with Crippen LogP contribution in [0.15, 0.2) is 18.2 Å². The summed E-state index contributed by atoms with van der Waals surface area (Å²) in [5.74, 6) is -0.237. The van der Waals surface area contributed by atoms with Crippen LogP contribution in [0.4, 0.5) is 19.1 Å². The van der Waals surface area contributed by atoms with Gasteiger partial charge < -0.3 is 5.73 Å². The number of benzene rings is 1. The molecular weight excluding hydrogens is 235 g/mol. The molecule has 0 aliphatic heterocycles. The van der Waals surface area contributed by atoms with Crippen LogP contribution in [0.3, 0.4) is 0 Å². The summed E-state index contributed by atoms with van der Waals surface area (Å²) in [6.07, 6.45) is -4.04. The van der Waals surface area contributed by atoms with E-state index in [2.05, 4.69) is 9.97 Å². The molecule has 0 spiro atoms. The van der Waals surface area contributed by atoms with Crippen molar-refractivity contribution in [2.75, 3.05) is 5.73 Å². The van der Waals surface area contributed by atoms with Crippen molar-refractivity contribution in [1.82, 2.24) is 9.97 Å². The topological polar surface area (TPSA) is 68.9 Å². The molecule has 4 nitrogen and oxygen atoms in total. The van der Waals surface area contributed by atoms with Gasteiger partial charge in [-0.2, -0.15) is 13.2 Å². The fourth-order valence-corrected chi connectivity index (χ4v) is 1.44. The number of aromatic nitrogens is 2. The number of nitrogens with two attached hydrogens (primary N) is 1. The van der Waals surface area contributed by atoms with Gasteiger partial charge in [0.2, 0.25) is 5.95 Å². The first-order chi connectivity index (χ1) is 7.91. The average Bonchev–Trinajstić information content (AvgIpc) is 2.25. The third-order valence-corrected chi connectivity index (χ3v) is 2.18. The lowest BCUT2D eigenvalue weighted by molar-refractivity contribution is -0.137. The van der Waals surface area contributed by atoms with Gasteiger partial charge in [-0.3, -0.25) is 4.79 Å². The number of rotatable bonds is 1. The molecule has 2 N–H and O–H groups in total. The number of nitrogens with zero attached hydrogens (tertiary/aromatic N) is 2. The molecule has 0 amide bonds. The molecule has 0 atom stereocenters. The first-order valence-electron chi connectivity index (χ1n) is 4.51. The van der Waals surface area contributed by atoms with Crippen LogP contribution in [0.1, 0.15) is 16.1 Å². The Morgan fingerprint density at radius 1 is 1.24 bits per heavy atom. The monoisotopic (exact) mass is 241 g/mol. The van der Waals surface area contributed by atoms with Crippen molar-refractivity contribution in [3.05, 3.63) is 29.5 Å². The lowest BCUT2D eigenvalue weighted by atomic mass is 10.1. The highest BCUT2D eigenvalue weighted by molar-refractivity contribution is 5.95. The summed E-state index contributed by atoms with van der Waals surface area (Å²) in [4.78, 5) is 18.0. The van der Waals surface area contributed by atoms with Crippen molar-refractivity contribution in [1.29, 1.82) is 0 Å². The standard InChI is InChI=1S/C10H6F3N3O/c11-10(12,13)5-1-2-6-7(3-5)15-9(14)16-8(6)4-17/h1-4H,(H2,14,15,16). The van der Waals surface area contributed by atoms with Gasteiger partial charge in [0.15, 0.2) is 6.29 Å². The highest BCUT2D eigenvalue weighted by Gasteiger charge is 2.30. The van der Waals surface area contributed by atoms with Crippen molar-refractivity contribution in [3.63, 3.8) is 0 Å². The second kappa shape index (κ2) is 3.69. The van der Waals surface area contributed by atoms with Gasteiger partial charge in [0.25, 0.3) is 0 Å². The molecule has 0 saturated heterocycles. The lowest BCUT2D eigenvalue weighted by Crippen LogP contribution is -2.06. The summed E-state index contributed by atoms with van der Waals surface area (Å²) in [6.45, 7) is 0. The molecule has 1 aromatic heterocycles. The van der Waals surface area contributed by atoms with Gasteiger partial charge in [-0.15, -0.1) is 0 Å². The van der Waals surface area contributed by atoms with Crippen LogP contribution in [-0.4, -0.2) is 16.3 Å². The number of alkyl halides is 3. The van der Waals surface area contributed by atoms with Crippen molar-refractivity contribution in [2.24, 2.45) is 0 Å². The van der Waals surface area contributed by atoms with Crippen LogP contribution in [0.5, 0.6) is 0 Å². The largest absolute Gasteiger partial charge is 0.416 e. The summed E-state index contributed by atoms with van der Waals surface area (Å²) < 4.78 is 37.4. The molecule has 0 aliphatic carbocycles. The Balaban J connectivity index is 2.74. The van der Waals surface area contributed by atoms with Crippen molar-refractivity contribution in [2.45, 2.75) is 6.18 Å². The van der Waals surface area contributed by atoms with Crippen LogP contribution >= 0.6 is 0 Å². The zero-order valence-electron chi connectivity index (χ0n) is 8.32. The third kappa shape index (κ3) is 2.03. The van der Waals surface area contributed by atoms with Gasteiger partial charge in [0.05, 0.1) is 11.1 Å². The molecular formula is C10H6F3N3O. The number of hydrogen-bond donors (Lipinski definition) is 1. The van der Waals surface area contributed by atoms with Gasteiger partial charge in [0.1, 0.15) is 5.69 Å². The molecule has 88 valence electrons. The zero-order valence-corrected chi connectivity index (χ0v) is 8.32. The number of carbonyl (C=O) groups excluding carboxylic acids is 1. The van der Waals surface area contributed by atoms with Gasteiger partial charge in [-0.05, 0) is 18.2 Å². The minimum Gasteiger partial charge on any atom is -0.368 e. The number of hydrogen-bond acceptors (Lipinski definition) is 4. The first-order valence-corrected chi connectivity index (χ1v) is 4.51. The van der Waals surface area contributed by atoms with E-state index in [0.717, 1.165) is 18.2 Å². The first kappa shape index (κ1) is 11.3. The van der Waals surface area contributed by atoms with Gasteiger partial charge in [0, 0.05) is 5.39 Å². The molecule has 0 fully saturated rings. The van der Waals surface area contributed by atoms with Crippen LogP contribution in [0.2, 0.25) is 0 Å². The minimum absolute atomic E-state index is 0.00516. The Kier molecular flexibility index (Phi) is 2.45. The predicted molar refractivity (Wildman–Crippen MR) is 54.3 cm³/mol. The van der Waals surface area contributed by atoms with Gasteiger partial charge in [-0.25, -0.2) is 9.97 Å². The highest BCUT2D eigenvalue weighted by Crippen LogP contribution is 2.31. The van der Waals surface area contributed by atoms with E-state index < -0.39 is 11.7 Å². The van der Waals surface area contributed by atoms with Crippen LogP contribution in [0.25, 0.3) is 10.9 Å². The fourth-order valence-electron chi connectivity index (χ4n) is 1.44. The number of fused-ring (bicyclic) bond motifs is 1. The maximum atomic E-state index is 12.5. The second-order valence-electron chi connectivity index (χ2n) is 3.31. The average molecular weight is 241 g/mol. The summed E-state index contributed by atoms with van der Waals surface area (Å²) in [6, 6.07) is 2.86. The van der Waals surface area contributed by atoms with Gasteiger partial charge in [-0.1, -0.05) is 0 Å². The number of aldehydes is 1. The molecule has 2 aromatic rings. The Morgan fingerprint density at radius 3 is 2.53 bits per heavy atom. The predicted octanol–water partition coefficient (Wildman–Crippen LogP) is 2.04. The summed E-state index contributed by atoms with van der Waals surface area (Å²) in [5.41, 5.74) is 4.42. The SMILES string of the molecule is Nc1nc(C=O)c2ccc(C(F)(F)F)cc2n1. The molecule has 0 aliphatic rings. The lowest BCUT2D eigenvalue weighted by Gasteiger charge is -2.08. The van der Waals surface area contributed by atoms with E-state index in [-0.39, 0.29) is 22.5 Å². The second-order valence-corrected chi connectivity index (χ2v) is 3.31. The molecule has 1 aromatic carbocycles. The van der Waals surface area contributed by atoms with Gasteiger partial charge >= 0.3 is 6.18 Å². The van der Waals surface area contributed by atoms with Crippen LogP contribution in [-0.2, 0) is 6.18 Å². The third-order valence-electron chi connectivity index (χ3n) is 2.18. The van der Waals surface area contributed by atoms with E-state index in [1.807, 2.05) is 0 Å². The van der Waals surface area contributed by atoms with E-state index in [9.17, 15) is 18.0 Å². The Labute approximate surface area is 93.3 Å². The molecule has 0 radical (unpaired) electrons. The Hall–Kier alpha value is -2.18. The molecule has 7 heteroatoms. The normalized spacial score (nSPS) is 11.7. The molecule has 0 unspecified atom stereocenters. The number of anilines is 1. The molecule has 1 heterocycles. The van der Waals surface area contributed by atoms with E-state index in [4.69, 9.17) is 5.73 Å². The summed E-state index contributed by atoms with van der Waals surface area (Å²) >= 11 is 0. The van der Waals surface area contributed by atoms with Crippen LogP contribution in [0, 0.1) is 0 Å². The van der Waals surface area contributed by atoms with Crippen LogP contribution < -0.4 is 5.73 Å². The molecule has 0 saturated carbocycles. The maximum absolute atomic E-state index is 12.5. The molecule has 2 rings (SSSR count). The molecule has 0 bridgehead atoms. The van der Waals surface area contributed by atoms with Crippen molar-refractivity contribution < 1.29 is 18.0 Å². The minimum atomic E-state index is -4.46. The quantitative estimate of drug-likeness (QED) is 0.775. The number of nitrogen functional groups attached to an aromatic ring is 1. The maximum Gasteiger partial charge on any atom is 0.416 e. The van der Waals surface area contributed by atoms with E-state index in [1.165, 1.54) is 0 Å². The zero-order chi connectivity index (χ0) is 12.6. The van der Waals surface area contributed by atoms with E-state index in [0.29, 0.717) is 6.29 Å². The smallest absolute Gasteiger partial charge is 0.368 e. The Morgan fingerprint density at radius 2 is 1.94 bits per heavy atom. The highest BCUT2D eigenvalue weighted by atomic mass is 19.4. The Bertz CT molecular complexity index is 595. The molecule has 17 heavy (non-hydrogen) atoms. The number of halogens is 3. The summed E-state index contributed by atoms with van der Waals surface area (Å²) in [7, 11) is 0. The fraction of sp³-hybridized carbons (Fsp3) is 0.100. The van der Waals surface area contributed by atoms with Crippen molar-refractivity contribution in [3.8, 4) is 0 Å². The van der Waals surface area contributed by atoms with E-state index >= 15 is 0 Å². The van der Waals surface area contributed by atoms with Crippen molar-refractivity contribution >= 4 is 23.1 Å². The number of carbonyl (C=O) groups is 1.